The molecule has 2 amide bonds. The molecule has 1 unspecified atom stereocenters. The van der Waals surface area contributed by atoms with Crippen molar-refractivity contribution in [3.05, 3.63) is 30.3 Å². The number of amides is 2. The number of carbonyl (C=O) groups excluding carboxylic acids is 1. The minimum absolute atomic E-state index is 0.0714. The lowest BCUT2D eigenvalue weighted by atomic mass is 10.1. The summed E-state index contributed by atoms with van der Waals surface area (Å²) in [5, 5.41) is 2.96. The standard InChI is InChI=1S/C15H23N3O/c1-3-9-16-15(19)18-11-10-17(12-13(18)2)14-7-5-4-6-8-14/h4-8,13H,3,9-12H2,1-2H3,(H,16,19). The number of nitrogens with zero attached hydrogens (tertiary/aromatic N) is 2. The average Bonchev–Trinajstić information content (AvgIpc) is 2.45. The molecule has 0 aliphatic carbocycles. The van der Waals surface area contributed by atoms with E-state index in [1.807, 2.05) is 11.0 Å². The summed E-state index contributed by atoms with van der Waals surface area (Å²) >= 11 is 0. The molecule has 1 aromatic rings. The second kappa shape index (κ2) is 6.45. The summed E-state index contributed by atoms with van der Waals surface area (Å²) in [7, 11) is 0. The zero-order chi connectivity index (χ0) is 13.7. The first-order chi connectivity index (χ1) is 9.22. The van der Waals surface area contributed by atoms with E-state index in [1.165, 1.54) is 5.69 Å². The predicted molar refractivity (Wildman–Crippen MR) is 78.5 cm³/mol. The van der Waals surface area contributed by atoms with E-state index >= 15 is 0 Å². The first kappa shape index (κ1) is 13.7. The zero-order valence-corrected chi connectivity index (χ0v) is 11.8. The van der Waals surface area contributed by atoms with E-state index in [2.05, 4.69) is 48.3 Å². The molecule has 4 nitrogen and oxygen atoms in total. The minimum atomic E-state index is 0.0714. The highest BCUT2D eigenvalue weighted by Crippen LogP contribution is 2.18. The fourth-order valence-electron chi connectivity index (χ4n) is 2.47. The Morgan fingerprint density at radius 3 is 2.68 bits per heavy atom. The third-order valence-corrected chi connectivity index (χ3v) is 3.54. The van der Waals surface area contributed by atoms with Gasteiger partial charge in [-0.15, -0.1) is 0 Å². The van der Waals surface area contributed by atoms with Crippen LogP contribution in [-0.4, -0.2) is 43.2 Å². The summed E-state index contributed by atoms with van der Waals surface area (Å²) in [4.78, 5) is 16.3. The highest BCUT2D eigenvalue weighted by atomic mass is 16.2. The molecular weight excluding hydrogens is 238 g/mol. The van der Waals surface area contributed by atoms with Crippen LogP contribution in [0.15, 0.2) is 30.3 Å². The zero-order valence-electron chi connectivity index (χ0n) is 11.8. The van der Waals surface area contributed by atoms with Crippen LogP contribution in [0.2, 0.25) is 0 Å². The van der Waals surface area contributed by atoms with Gasteiger partial charge in [-0.25, -0.2) is 4.79 Å². The number of anilines is 1. The van der Waals surface area contributed by atoms with Gasteiger partial charge in [0.1, 0.15) is 0 Å². The van der Waals surface area contributed by atoms with Crippen molar-refractivity contribution < 1.29 is 4.79 Å². The molecule has 0 bridgehead atoms. The fraction of sp³-hybridized carbons (Fsp3) is 0.533. The monoisotopic (exact) mass is 261 g/mol. The Morgan fingerprint density at radius 1 is 1.32 bits per heavy atom. The summed E-state index contributed by atoms with van der Waals surface area (Å²) in [6.45, 7) is 7.51. The van der Waals surface area contributed by atoms with Crippen molar-refractivity contribution in [2.45, 2.75) is 26.3 Å². The number of hydrogen-bond acceptors (Lipinski definition) is 2. The molecule has 0 radical (unpaired) electrons. The second-order valence-electron chi connectivity index (χ2n) is 5.06. The van der Waals surface area contributed by atoms with Crippen LogP contribution >= 0.6 is 0 Å². The number of rotatable bonds is 3. The third-order valence-electron chi connectivity index (χ3n) is 3.54. The van der Waals surface area contributed by atoms with Crippen molar-refractivity contribution in [1.82, 2.24) is 10.2 Å². The molecule has 1 heterocycles. The first-order valence-corrected chi connectivity index (χ1v) is 7.07. The van der Waals surface area contributed by atoms with Crippen LogP contribution in [0.3, 0.4) is 0 Å². The smallest absolute Gasteiger partial charge is 0.317 e. The molecule has 1 N–H and O–H groups in total. The predicted octanol–water partition coefficient (Wildman–Crippen LogP) is 2.32. The van der Waals surface area contributed by atoms with E-state index in [4.69, 9.17) is 0 Å². The summed E-state index contributed by atoms with van der Waals surface area (Å²) in [5.41, 5.74) is 1.24. The van der Waals surface area contributed by atoms with Crippen molar-refractivity contribution in [1.29, 1.82) is 0 Å². The Balaban J connectivity index is 1.93. The van der Waals surface area contributed by atoms with Gasteiger partial charge < -0.3 is 15.1 Å². The normalized spacial score (nSPS) is 19.4. The number of hydrogen-bond donors (Lipinski definition) is 1. The van der Waals surface area contributed by atoms with Crippen LogP contribution < -0.4 is 10.2 Å². The summed E-state index contributed by atoms with van der Waals surface area (Å²) in [6.07, 6.45) is 0.976. The van der Waals surface area contributed by atoms with Crippen LogP contribution in [0.4, 0.5) is 10.5 Å². The molecule has 1 fully saturated rings. The van der Waals surface area contributed by atoms with E-state index < -0.39 is 0 Å². The Bertz CT molecular complexity index is 407. The van der Waals surface area contributed by atoms with Gasteiger partial charge in [-0.1, -0.05) is 25.1 Å². The number of piperazine rings is 1. The Hall–Kier alpha value is -1.71. The van der Waals surface area contributed by atoms with E-state index in [9.17, 15) is 4.79 Å². The molecule has 0 saturated carbocycles. The molecule has 1 atom stereocenters. The molecule has 2 rings (SSSR count). The largest absolute Gasteiger partial charge is 0.368 e. The molecular formula is C15H23N3O. The molecule has 1 aliphatic rings. The van der Waals surface area contributed by atoms with Gasteiger partial charge in [-0.05, 0) is 25.5 Å². The number of nitrogens with one attached hydrogen (secondary N) is 1. The molecule has 0 aromatic heterocycles. The van der Waals surface area contributed by atoms with Gasteiger partial charge in [-0.2, -0.15) is 0 Å². The van der Waals surface area contributed by atoms with Crippen LogP contribution in [0.1, 0.15) is 20.3 Å². The van der Waals surface area contributed by atoms with Crippen molar-refractivity contribution in [2.24, 2.45) is 0 Å². The van der Waals surface area contributed by atoms with Crippen LogP contribution in [0.5, 0.6) is 0 Å². The van der Waals surface area contributed by atoms with Gasteiger partial charge in [0.05, 0.1) is 0 Å². The van der Waals surface area contributed by atoms with Crippen molar-refractivity contribution in [2.75, 3.05) is 31.1 Å². The van der Waals surface area contributed by atoms with E-state index in [-0.39, 0.29) is 12.1 Å². The maximum Gasteiger partial charge on any atom is 0.317 e. The van der Waals surface area contributed by atoms with Crippen molar-refractivity contribution in [3.8, 4) is 0 Å². The van der Waals surface area contributed by atoms with Gasteiger partial charge >= 0.3 is 6.03 Å². The quantitative estimate of drug-likeness (QED) is 0.906. The lowest BCUT2D eigenvalue weighted by Crippen LogP contribution is -2.56. The third kappa shape index (κ3) is 3.40. The van der Waals surface area contributed by atoms with Crippen molar-refractivity contribution >= 4 is 11.7 Å². The molecule has 1 saturated heterocycles. The summed E-state index contributed by atoms with van der Waals surface area (Å²) in [6, 6.07) is 10.7. The average molecular weight is 261 g/mol. The van der Waals surface area contributed by atoms with Crippen LogP contribution in [-0.2, 0) is 0 Å². The minimum Gasteiger partial charge on any atom is -0.368 e. The molecule has 1 aromatic carbocycles. The topological polar surface area (TPSA) is 35.6 Å². The van der Waals surface area contributed by atoms with Crippen molar-refractivity contribution in [3.63, 3.8) is 0 Å². The van der Waals surface area contributed by atoms with E-state index in [0.29, 0.717) is 0 Å². The number of para-hydroxylation sites is 1. The first-order valence-electron chi connectivity index (χ1n) is 7.07. The highest BCUT2D eigenvalue weighted by Gasteiger charge is 2.27. The Morgan fingerprint density at radius 2 is 2.05 bits per heavy atom. The second-order valence-corrected chi connectivity index (χ2v) is 5.06. The summed E-state index contributed by atoms with van der Waals surface area (Å²) in [5.74, 6) is 0. The molecule has 0 spiro atoms. The Kier molecular flexibility index (Phi) is 4.66. The lowest BCUT2D eigenvalue weighted by Gasteiger charge is -2.40. The summed E-state index contributed by atoms with van der Waals surface area (Å²) < 4.78 is 0. The highest BCUT2D eigenvalue weighted by molar-refractivity contribution is 5.75. The molecule has 1 aliphatic heterocycles. The SMILES string of the molecule is CCCNC(=O)N1CCN(c2ccccc2)CC1C. The van der Waals surface area contributed by atoms with Gasteiger partial charge in [0, 0.05) is 37.9 Å². The number of carbonyl (C=O) groups is 1. The van der Waals surface area contributed by atoms with Gasteiger partial charge in [-0.3, -0.25) is 0 Å². The molecule has 19 heavy (non-hydrogen) atoms. The number of urea groups is 1. The fourth-order valence-corrected chi connectivity index (χ4v) is 2.47. The maximum atomic E-state index is 12.0. The molecule has 4 heteroatoms. The maximum absolute atomic E-state index is 12.0. The Labute approximate surface area is 115 Å². The van der Waals surface area contributed by atoms with E-state index in [0.717, 1.165) is 32.6 Å². The van der Waals surface area contributed by atoms with Gasteiger partial charge in [0.25, 0.3) is 0 Å². The van der Waals surface area contributed by atoms with Gasteiger partial charge in [0.2, 0.25) is 0 Å². The van der Waals surface area contributed by atoms with Gasteiger partial charge in [0.15, 0.2) is 0 Å². The van der Waals surface area contributed by atoms with E-state index in [1.54, 1.807) is 0 Å². The lowest BCUT2D eigenvalue weighted by molar-refractivity contribution is 0.171. The van der Waals surface area contributed by atoms with Crippen LogP contribution in [0.25, 0.3) is 0 Å². The van der Waals surface area contributed by atoms with Crippen LogP contribution in [0, 0.1) is 0 Å². The number of benzene rings is 1. The molecule has 104 valence electrons.